The highest BCUT2D eigenvalue weighted by atomic mass is 16.0. The van der Waals surface area contributed by atoms with Gasteiger partial charge in [-0.3, -0.25) is 0 Å². The molecule has 0 aromatic heterocycles. The van der Waals surface area contributed by atoms with Crippen molar-refractivity contribution in [3.8, 4) is 0 Å². The van der Waals surface area contributed by atoms with E-state index in [-0.39, 0.29) is 0 Å². The third-order valence-corrected chi connectivity index (χ3v) is 2.63. The van der Waals surface area contributed by atoms with E-state index >= 15 is 0 Å². The first-order chi connectivity index (χ1) is 4.55. The summed E-state index contributed by atoms with van der Waals surface area (Å²) in [5, 5.41) is 4.67. The van der Waals surface area contributed by atoms with Crippen molar-refractivity contribution in [2.75, 3.05) is 41.3 Å². The SMILES string of the molecule is CN1CCCN(C)[N+]1(C)C. The van der Waals surface area contributed by atoms with Crippen LogP contribution in [0, 0.1) is 0 Å². The van der Waals surface area contributed by atoms with Gasteiger partial charge in [0.1, 0.15) is 14.1 Å². The quantitative estimate of drug-likeness (QED) is 0.447. The summed E-state index contributed by atoms with van der Waals surface area (Å²) in [6.07, 6.45) is 1.29. The largest absolute Gasteiger partial charge is 0.172 e. The van der Waals surface area contributed by atoms with Gasteiger partial charge in [0.2, 0.25) is 0 Å². The monoisotopic (exact) mass is 144 g/mol. The molecule has 1 saturated heterocycles. The minimum atomic E-state index is 0.889. The lowest BCUT2D eigenvalue weighted by atomic mass is 10.4. The molecular formula is C7H18N3+. The molecule has 60 valence electrons. The Morgan fingerprint density at radius 1 is 1.00 bits per heavy atom. The third kappa shape index (κ3) is 1.17. The predicted molar refractivity (Wildman–Crippen MR) is 42.0 cm³/mol. The topological polar surface area (TPSA) is 6.48 Å². The van der Waals surface area contributed by atoms with E-state index in [1.807, 2.05) is 0 Å². The Morgan fingerprint density at radius 3 is 1.70 bits per heavy atom. The molecule has 0 spiro atoms. The second-order valence-electron chi connectivity index (χ2n) is 3.45. The second-order valence-corrected chi connectivity index (χ2v) is 3.45. The van der Waals surface area contributed by atoms with Gasteiger partial charge in [-0.1, -0.05) is 0 Å². The van der Waals surface area contributed by atoms with Gasteiger partial charge in [-0.05, 0) is 6.42 Å². The first-order valence-corrected chi connectivity index (χ1v) is 3.82. The fourth-order valence-corrected chi connectivity index (χ4v) is 1.28. The van der Waals surface area contributed by atoms with Gasteiger partial charge >= 0.3 is 0 Å². The van der Waals surface area contributed by atoms with Crippen molar-refractivity contribution in [3.63, 3.8) is 0 Å². The minimum Gasteiger partial charge on any atom is -0.172 e. The molecular weight excluding hydrogens is 126 g/mol. The van der Waals surface area contributed by atoms with E-state index in [9.17, 15) is 0 Å². The summed E-state index contributed by atoms with van der Waals surface area (Å²) < 4.78 is 0.889. The van der Waals surface area contributed by atoms with Crippen LogP contribution in [0.25, 0.3) is 0 Å². The highest BCUT2D eigenvalue weighted by molar-refractivity contribution is 4.48. The van der Waals surface area contributed by atoms with Crippen LogP contribution in [-0.4, -0.2) is 56.0 Å². The van der Waals surface area contributed by atoms with Gasteiger partial charge in [-0.25, -0.2) is 0 Å². The average Bonchev–Trinajstić information content (AvgIpc) is 1.84. The zero-order chi connectivity index (χ0) is 7.78. The molecule has 0 aromatic carbocycles. The van der Waals surface area contributed by atoms with Gasteiger partial charge in [0.15, 0.2) is 0 Å². The van der Waals surface area contributed by atoms with Gasteiger partial charge in [-0.15, -0.1) is 10.0 Å². The number of hydrogen-bond donors (Lipinski definition) is 0. The Morgan fingerprint density at radius 2 is 1.40 bits per heavy atom. The molecule has 1 aliphatic heterocycles. The maximum Gasteiger partial charge on any atom is 0.105 e. The van der Waals surface area contributed by atoms with Crippen molar-refractivity contribution in [2.24, 2.45) is 0 Å². The van der Waals surface area contributed by atoms with E-state index in [2.05, 4.69) is 38.2 Å². The lowest BCUT2D eigenvalue weighted by Gasteiger charge is -2.46. The summed E-state index contributed by atoms with van der Waals surface area (Å²) in [5.74, 6) is 0. The van der Waals surface area contributed by atoms with Crippen LogP contribution >= 0.6 is 0 Å². The van der Waals surface area contributed by atoms with Crippen molar-refractivity contribution in [2.45, 2.75) is 6.42 Å². The molecule has 0 atom stereocenters. The van der Waals surface area contributed by atoms with E-state index in [4.69, 9.17) is 0 Å². The molecule has 0 aromatic rings. The lowest BCUT2D eigenvalue weighted by Crippen LogP contribution is -2.65. The van der Waals surface area contributed by atoms with Crippen LogP contribution in [0.2, 0.25) is 0 Å². The average molecular weight is 144 g/mol. The molecule has 10 heavy (non-hydrogen) atoms. The van der Waals surface area contributed by atoms with Crippen LogP contribution < -0.4 is 0 Å². The van der Waals surface area contributed by atoms with E-state index in [1.165, 1.54) is 19.5 Å². The smallest absolute Gasteiger partial charge is 0.105 e. The zero-order valence-corrected chi connectivity index (χ0v) is 7.46. The molecule has 0 N–H and O–H groups in total. The molecule has 1 fully saturated rings. The minimum absolute atomic E-state index is 0.889. The second kappa shape index (κ2) is 2.49. The van der Waals surface area contributed by atoms with E-state index in [0.29, 0.717) is 0 Å². The normalized spacial score (nSPS) is 28.8. The van der Waals surface area contributed by atoms with E-state index < -0.39 is 0 Å². The predicted octanol–water partition coefficient (Wildman–Crippen LogP) is 0.160. The number of nitrogens with zero attached hydrogens (tertiary/aromatic N) is 3. The van der Waals surface area contributed by atoms with Crippen LogP contribution in [0.4, 0.5) is 0 Å². The van der Waals surface area contributed by atoms with Crippen molar-refractivity contribution < 1.29 is 4.70 Å². The summed E-state index contributed by atoms with van der Waals surface area (Å²) in [7, 11) is 8.74. The van der Waals surface area contributed by atoms with Crippen LogP contribution in [0.5, 0.6) is 0 Å². The highest BCUT2D eigenvalue weighted by Crippen LogP contribution is 2.13. The van der Waals surface area contributed by atoms with Crippen LogP contribution in [-0.2, 0) is 0 Å². The molecule has 0 radical (unpaired) electrons. The van der Waals surface area contributed by atoms with Crippen molar-refractivity contribution in [3.05, 3.63) is 0 Å². The highest BCUT2D eigenvalue weighted by Gasteiger charge is 2.31. The summed E-state index contributed by atoms with van der Waals surface area (Å²) >= 11 is 0. The Hall–Kier alpha value is -0.120. The molecule has 0 bridgehead atoms. The maximum absolute atomic E-state index is 2.34. The van der Waals surface area contributed by atoms with Crippen molar-refractivity contribution in [1.29, 1.82) is 0 Å². The molecule has 3 nitrogen and oxygen atoms in total. The van der Waals surface area contributed by atoms with Crippen molar-refractivity contribution >= 4 is 0 Å². The fourth-order valence-electron chi connectivity index (χ4n) is 1.28. The van der Waals surface area contributed by atoms with Gasteiger partial charge < -0.3 is 0 Å². The lowest BCUT2D eigenvalue weighted by molar-refractivity contribution is -1.10. The Kier molecular flexibility index (Phi) is 1.99. The maximum atomic E-state index is 2.34. The number of hydrogen-bond acceptors (Lipinski definition) is 2. The van der Waals surface area contributed by atoms with Crippen LogP contribution in [0.15, 0.2) is 0 Å². The summed E-state index contributed by atoms with van der Waals surface area (Å²) in [5.41, 5.74) is 0. The Labute approximate surface area is 63.4 Å². The third-order valence-electron chi connectivity index (χ3n) is 2.63. The zero-order valence-electron chi connectivity index (χ0n) is 7.46. The summed E-state index contributed by atoms with van der Waals surface area (Å²) in [4.78, 5) is 0. The molecule has 0 aliphatic carbocycles. The molecule has 0 amide bonds. The fraction of sp³-hybridized carbons (Fsp3) is 1.00. The molecule has 3 heteroatoms. The Bertz CT molecular complexity index is 110. The first kappa shape index (κ1) is 7.98. The summed E-state index contributed by atoms with van der Waals surface area (Å²) in [6, 6.07) is 0. The van der Waals surface area contributed by atoms with Crippen LogP contribution in [0.1, 0.15) is 6.42 Å². The number of rotatable bonds is 0. The van der Waals surface area contributed by atoms with Gasteiger partial charge in [-0.2, -0.15) is 4.70 Å². The first-order valence-electron chi connectivity index (χ1n) is 3.82. The van der Waals surface area contributed by atoms with Gasteiger partial charge in [0, 0.05) is 14.1 Å². The van der Waals surface area contributed by atoms with E-state index in [1.54, 1.807) is 0 Å². The molecule has 0 unspecified atom stereocenters. The van der Waals surface area contributed by atoms with Gasteiger partial charge in [0.05, 0.1) is 13.1 Å². The Balaban J connectivity index is 2.63. The number of quaternary nitrogens is 1. The van der Waals surface area contributed by atoms with Crippen LogP contribution in [0.3, 0.4) is 0 Å². The van der Waals surface area contributed by atoms with E-state index in [0.717, 1.165) is 4.70 Å². The van der Waals surface area contributed by atoms with Gasteiger partial charge in [0.25, 0.3) is 0 Å². The molecule has 1 rings (SSSR count). The summed E-state index contributed by atoms with van der Waals surface area (Å²) in [6.45, 7) is 2.41. The van der Waals surface area contributed by atoms with Crippen molar-refractivity contribution in [1.82, 2.24) is 10.0 Å². The molecule has 1 heterocycles. The molecule has 0 saturated carbocycles. The standard InChI is InChI=1S/C7H18N3/c1-8-6-5-7-9(2)10(8,3)4/h5-7H2,1-4H3/q+1. The molecule has 1 aliphatic rings.